The molecule has 0 aliphatic rings. The molecule has 0 saturated heterocycles. The number of alkyl halides is 2. The predicted octanol–water partition coefficient (Wildman–Crippen LogP) is 3.67. The average Bonchev–Trinajstić information content (AvgIpc) is 2.96. The number of aromatic nitrogens is 4. The van der Waals surface area contributed by atoms with Crippen LogP contribution in [0.5, 0.6) is 0 Å². The van der Waals surface area contributed by atoms with Gasteiger partial charge in [-0.1, -0.05) is 32.0 Å². The van der Waals surface area contributed by atoms with Gasteiger partial charge in [0, 0.05) is 18.1 Å². The van der Waals surface area contributed by atoms with E-state index in [0.29, 0.717) is 17.4 Å². The highest BCUT2D eigenvalue weighted by atomic mass is 19.3. The van der Waals surface area contributed by atoms with Crippen molar-refractivity contribution in [2.24, 2.45) is 5.92 Å². The lowest BCUT2D eigenvalue weighted by atomic mass is 10.1. The van der Waals surface area contributed by atoms with E-state index in [0.717, 1.165) is 0 Å². The average molecular weight is 345 g/mol. The van der Waals surface area contributed by atoms with E-state index in [9.17, 15) is 13.6 Å². The van der Waals surface area contributed by atoms with Crippen LogP contribution < -0.4 is 5.32 Å². The fourth-order valence-corrected chi connectivity index (χ4v) is 2.54. The monoisotopic (exact) mass is 345 g/mol. The van der Waals surface area contributed by atoms with E-state index in [4.69, 9.17) is 0 Å². The second kappa shape index (κ2) is 6.92. The number of hydrogen-bond donors (Lipinski definition) is 1. The fourth-order valence-electron chi connectivity index (χ4n) is 2.54. The van der Waals surface area contributed by atoms with Crippen LogP contribution in [0.25, 0.3) is 10.9 Å². The van der Waals surface area contributed by atoms with Crippen LogP contribution in [0.4, 0.5) is 14.5 Å². The second-order valence-corrected chi connectivity index (χ2v) is 6.07. The summed E-state index contributed by atoms with van der Waals surface area (Å²) >= 11 is 0. The smallest absolute Gasteiger partial charge is 0.284 e. The lowest BCUT2D eigenvalue weighted by Crippen LogP contribution is -2.14. The molecule has 0 saturated carbocycles. The summed E-state index contributed by atoms with van der Waals surface area (Å²) in [5.74, 6) is -0.292. The van der Waals surface area contributed by atoms with Crippen LogP contribution in [0, 0.1) is 5.92 Å². The number of rotatable bonds is 5. The van der Waals surface area contributed by atoms with Gasteiger partial charge >= 0.3 is 0 Å². The predicted molar refractivity (Wildman–Crippen MR) is 89.5 cm³/mol. The summed E-state index contributed by atoms with van der Waals surface area (Å²) in [6.07, 6.45) is -0.0370. The van der Waals surface area contributed by atoms with Gasteiger partial charge < -0.3 is 5.32 Å². The molecule has 0 aliphatic carbocycles. The number of benzene rings is 1. The Morgan fingerprint density at radius 1 is 1.28 bits per heavy atom. The van der Waals surface area contributed by atoms with Gasteiger partial charge in [0.1, 0.15) is 0 Å². The zero-order valence-corrected chi connectivity index (χ0v) is 13.8. The molecule has 8 heteroatoms. The summed E-state index contributed by atoms with van der Waals surface area (Å²) in [5.41, 5.74) is 0.379. The Balaban J connectivity index is 1.93. The molecule has 2 heterocycles. The number of fused-ring (bicyclic) bond motifs is 1. The van der Waals surface area contributed by atoms with E-state index in [1.807, 2.05) is 13.8 Å². The first-order valence-electron chi connectivity index (χ1n) is 7.83. The molecule has 0 radical (unpaired) electrons. The highest BCUT2D eigenvalue weighted by Gasteiger charge is 2.21. The van der Waals surface area contributed by atoms with Crippen LogP contribution in [0.3, 0.4) is 0 Å². The van der Waals surface area contributed by atoms with E-state index in [2.05, 4.69) is 20.6 Å². The van der Waals surface area contributed by atoms with E-state index >= 15 is 0 Å². The van der Waals surface area contributed by atoms with E-state index in [-0.39, 0.29) is 17.2 Å². The van der Waals surface area contributed by atoms with Gasteiger partial charge in [0.15, 0.2) is 5.69 Å². The van der Waals surface area contributed by atoms with Crippen molar-refractivity contribution in [3.05, 3.63) is 47.9 Å². The lowest BCUT2D eigenvalue weighted by molar-refractivity contribution is 0.102. The number of halogens is 2. The molecule has 25 heavy (non-hydrogen) atoms. The minimum Gasteiger partial charge on any atom is -0.319 e. The molecule has 0 fully saturated rings. The number of nitrogens with zero attached hydrogens (tertiary/aromatic N) is 4. The van der Waals surface area contributed by atoms with Crippen molar-refractivity contribution >= 4 is 22.5 Å². The van der Waals surface area contributed by atoms with Crippen molar-refractivity contribution < 1.29 is 13.6 Å². The zero-order chi connectivity index (χ0) is 18.0. The van der Waals surface area contributed by atoms with Gasteiger partial charge in [0.25, 0.3) is 12.3 Å². The third-order valence-corrected chi connectivity index (χ3v) is 3.59. The van der Waals surface area contributed by atoms with Crippen LogP contribution >= 0.6 is 0 Å². The van der Waals surface area contributed by atoms with Crippen molar-refractivity contribution in [1.29, 1.82) is 0 Å². The largest absolute Gasteiger partial charge is 0.319 e. The Labute approximate surface area is 142 Å². The normalized spacial score (nSPS) is 11.4. The summed E-state index contributed by atoms with van der Waals surface area (Å²) in [7, 11) is 0. The molecule has 1 aromatic carbocycles. The Morgan fingerprint density at radius 2 is 2.04 bits per heavy atom. The van der Waals surface area contributed by atoms with Gasteiger partial charge in [0.05, 0.1) is 23.0 Å². The summed E-state index contributed by atoms with van der Waals surface area (Å²) in [4.78, 5) is 12.6. The molecular weight excluding hydrogens is 328 g/mol. The molecule has 0 spiro atoms. The number of hydrogen-bond acceptors (Lipinski definition) is 4. The SMILES string of the molecule is CC(C)Cn1cc(NC(=O)c2cnnc3ccccc23)c(C(F)F)n1. The number of anilines is 1. The van der Waals surface area contributed by atoms with Gasteiger partial charge in [0.2, 0.25) is 0 Å². The second-order valence-electron chi connectivity index (χ2n) is 6.07. The van der Waals surface area contributed by atoms with Gasteiger partial charge in [-0.2, -0.15) is 15.3 Å². The Morgan fingerprint density at radius 3 is 2.76 bits per heavy atom. The van der Waals surface area contributed by atoms with E-state index in [1.165, 1.54) is 17.1 Å². The standard InChI is InChI=1S/C17H17F2N5O/c1-10(2)8-24-9-14(15(23-24)16(18)19)21-17(25)12-7-20-22-13-6-4-3-5-11(12)13/h3-7,9-10,16H,8H2,1-2H3,(H,21,25). The van der Waals surface area contributed by atoms with Gasteiger partial charge in [-0.15, -0.1) is 0 Å². The molecule has 6 nitrogen and oxygen atoms in total. The molecule has 0 bridgehead atoms. The van der Waals surface area contributed by atoms with Crippen molar-refractivity contribution in [2.45, 2.75) is 26.8 Å². The zero-order valence-electron chi connectivity index (χ0n) is 13.8. The third kappa shape index (κ3) is 3.62. The van der Waals surface area contributed by atoms with E-state index < -0.39 is 18.0 Å². The molecule has 0 atom stereocenters. The van der Waals surface area contributed by atoms with E-state index in [1.54, 1.807) is 24.3 Å². The molecule has 130 valence electrons. The van der Waals surface area contributed by atoms with Crippen molar-refractivity contribution in [3.8, 4) is 0 Å². The third-order valence-electron chi connectivity index (χ3n) is 3.59. The number of carbonyl (C=O) groups is 1. The highest BCUT2D eigenvalue weighted by Crippen LogP contribution is 2.27. The molecule has 3 aromatic rings. The first kappa shape index (κ1) is 16.9. The summed E-state index contributed by atoms with van der Waals surface area (Å²) in [6, 6.07) is 7.01. The number of carbonyl (C=O) groups excluding carboxylic acids is 1. The summed E-state index contributed by atoms with van der Waals surface area (Å²) in [5, 5.41) is 14.8. The van der Waals surface area contributed by atoms with Crippen LogP contribution in [-0.4, -0.2) is 25.9 Å². The Kier molecular flexibility index (Phi) is 4.69. The summed E-state index contributed by atoms with van der Waals surface area (Å²) < 4.78 is 27.9. The van der Waals surface area contributed by atoms with Gasteiger partial charge in [-0.25, -0.2) is 8.78 Å². The quantitative estimate of drug-likeness (QED) is 0.766. The lowest BCUT2D eigenvalue weighted by Gasteiger charge is -2.06. The molecule has 0 aliphatic heterocycles. The maximum absolute atomic E-state index is 13.2. The topological polar surface area (TPSA) is 72.7 Å². The van der Waals surface area contributed by atoms with Crippen LogP contribution in [0.1, 0.15) is 36.3 Å². The number of nitrogens with one attached hydrogen (secondary N) is 1. The maximum atomic E-state index is 13.2. The molecule has 1 amide bonds. The van der Waals surface area contributed by atoms with Crippen molar-refractivity contribution in [2.75, 3.05) is 5.32 Å². The Hall–Kier alpha value is -2.90. The Bertz CT molecular complexity index is 902. The van der Waals surface area contributed by atoms with Crippen LogP contribution in [0.15, 0.2) is 36.7 Å². The fraction of sp³-hybridized carbons (Fsp3) is 0.294. The summed E-state index contributed by atoms with van der Waals surface area (Å²) in [6.45, 7) is 4.39. The van der Waals surface area contributed by atoms with Crippen LogP contribution in [-0.2, 0) is 6.54 Å². The van der Waals surface area contributed by atoms with Crippen molar-refractivity contribution in [1.82, 2.24) is 20.0 Å². The molecule has 0 unspecified atom stereocenters. The molecular formula is C17H17F2N5O. The van der Waals surface area contributed by atoms with Crippen LogP contribution in [0.2, 0.25) is 0 Å². The first-order valence-corrected chi connectivity index (χ1v) is 7.83. The highest BCUT2D eigenvalue weighted by molar-refractivity contribution is 6.12. The minimum atomic E-state index is -2.78. The first-order chi connectivity index (χ1) is 12.0. The molecule has 1 N–H and O–H groups in total. The number of amides is 1. The van der Waals surface area contributed by atoms with Crippen molar-refractivity contribution in [3.63, 3.8) is 0 Å². The van der Waals surface area contributed by atoms with Gasteiger partial charge in [-0.05, 0) is 12.0 Å². The maximum Gasteiger partial charge on any atom is 0.284 e. The molecule has 3 rings (SSSR count). The van der Waals surface area contributed by atoms with Gasteiger partial charge in [-0.3, -0.25) is 9.48 Å². The molecule has 2 aromatic heterocycles. The minimum absolute atomic E-state index is 0.00143.